The van der Waals surface area contributed by atoms with E-state index in [2.05, 4.69) is 11.2 Å². The normalized spacial score (nSPS) is 9.88. The zero-order valence-electron chi connectivity index (χ0n) is 9.66. The monoisotopic (exact) mass is 216 g/mol. The zero-order valence-corrected chi connectivity index (χ0v) is 9.66. The molecule has 1 aromatic rings. The molecule has 0 heterocycles. The Morgan fingerprint density at radius 2 is 2.06 bits per heavy atom. The van der Waals surface area contributed by atoms with Gasteiger partial charge in [-0.25, -0.2) is 0 Å². The van der Waals surface area contributed by atoms with Gasteiger partial charge in [0.25, 0.3) is 5.91 Å². The van der Waals surface area contributed by atoms with E-state index in [1.165, 1.54) is 0 Å². The molecular formula is C13H16N2O. The Morgan fingerprint density at radius 3 is 2.56 bits per heavy atom. The lowest BCUT2D eigenvalue weighted by atomic mass is 10.1. The van der Waals surface area contributed by atoms with Crippen LogP contribution in [0.2, 0.25) is 0 Å². The minimum Gasteiger partial charge on any atom is -0.355 e. The van der Waals surface area contributed by atoms with Crippen molar-refractivity contribution in [3.8, 4) is 12.3 Å². The fraction of sp³-hybridized carbons (Fsp3) is 0.308. The minimum atomic E-state index is -0.0662. The molecule has 16 heavy (non-hydrogen) atoms. The standard InChI is InChI=1S/C13H16N2O/c1-4-9-15(3)10-11-5-7-12(8-6-11)13(16)14-2/h1,5-8H,9-10H2,2-3H3,(H,14,16). The number of terminal acetylenes is 1. The minimum absolute atomic E-state index is 0.0662. The summed E-state index contributed by atoms with van der Waals surface area (Å²) >= 11 is 0. The Bertz CT molecular complexity index is 389. The first-order valence-electron chi connectivity index (χ1n) is 5.10. The maximum Gasteiger partial charge on any atom is 0.251 e. The average Bonchev–Trinajstić information content (AvgIpc) is 2.29. The molecule has 3 nitrogen and oxygen atoms in total. The number of amides is 1. The van der Waals surface area contributed by atoms with Gasteiger partial charge in [0, 0.05) is 19.2 Å². The number of benzene rings is 1. The van der Waals surface area contributed by atoms with E-state index >= 15 is 0 Å². The van der Waals surface area contributed by atoms with Gasteiger partial charge in [-0.05, 0) is 24.7 Å². The highest BCUT2D eigenvalue weighted by Crippen LogP contribution is 2.06. The van der Waals surface area contributed by atoms with Crippen LogP contribution in [0.3, 0.4) is 0 Å². The molecule has 0 radical (unpaired) electrons. The van der Waals surface area contributed by atoms with Crippen molar-refractivity contribution in [1.29, 1.82) is 0 Å². The number of rotatable bonds is 4. The van der Waals surface area contributed by atoms with Crippen molar-refractivity contribution < 1.29 is 4.79 Å². The van der Waals surface area contributed by atoms with E-state index in [1.54, 1.807) is 7.05 Å². The van der Waals surface area contributed by atoms with Gasteiger partial charge in [0.05, 0.1) is 6.54 Å². The van der Waals surface area contributed by atoms with Gasteiger partial charge < -0.3 is 5.32 Å². The van der Waals surface area contributed by atoms with E-state index in [9.17, 15) is 4.79 Å². The quantitative estimate of drug-likeness (QED) is 0.765. The summed E-state index contributed by atoms with van der Waals surface area (Å²) in [5.74, 6) is 2.52. The molecule has 0 bridgehead atoms. The van der Waals surface area contributed by atoms with E-state index < -0.39 is 0 Å². The van der Waals surface area contributed by atoms with Crippen molar-refractivity contribution in [1.82, 2.24) is 10.2 Å². The second-order valence-corrected chi connectivity index (χ2v) is 3.65. The highest BCUT2D eigenvalue weighted by molar-refractivity contribution is 5.93. The molecule has 0 aliphatic heterocycles. The highest BCUT2D eigenvalue weighted by atomic mass is 16.1. The SMILES string of the molecule is C#CCN(C)Cc1ccc(C(=O)NC)cc1. The lowest BCUT2D eigenvalue weighted by Crippen LogP contribution is -2.19. The van der Waals surface area contributed by atoms with Crippen LogP contribution in [0.5, 0.6) is 0 Å². The maximum atomic E-state index is 11.3. The Balaban J connectivity index is 2.65. The first-order valence-corrected chi connectivity index (χ1v) is 5.10. The molecule has 1 N–H and O–H groups in total. The Hall–Kier alpha value is -1.79. The fourth-order valence-electron chi connectivity index (χ4n) is 1.43. The van der Waals surface area contributed by atoms with Crippen molar-refractivity contribution in [3.05, 3.63) is 35.4 Å². The number of nitrogens with zero attached hydrogens (tertiary/aromatic N) is 1. The molecule has 0 fully saturated rings. The molecule has 0 saturated carbocycles. The van der Waals surface area contributed by atoms with Crippen molar-refractivity contribution >= 4 is 5.91 Å². The second kappa shape index (κ2) is 5.94. The number of carbonyl (C=O) groups excluding carboxylic acids is 1. The molecule has 0 unspecified atom stereocenters. The molecule has 84 valence electrons. The molecule has 0 saturated heterocycles. The van der Waals surface area contributed by atoms with Crippen LogP contribution < -0.4 is 5.32 Å². The van der Waals surface area contributed by atoms with Crippen LogP contribution in [0.25, 0.3) is 0 Å². The molecule has 0 atom stereocenters. The van der Waals surface area contributed by atoms with Gasteiger partial charge in [-0.15, -0.1) is 6.42 Å². The third kappa shape index (κ3) is 3.41. The van der Waals surface area contributed by atoms with Gasteiger partial charge in [-0.1, -0.05) is 18.1 Å². The second-order valence-electron chi connectivity index (χ2n) is 3.65. The van der Waals surface area contributed by atoms with Gasteiger partial charge in [-0.3, -0.25) is 9.69 Å². The van der Waals surface area contributed by atoms with Crippen LogP contribution in [-0.2, 0) is 6.54 Å². The largest absolute Gasteiger partial charge is 0.355 e. The van der Waals surface area contributed by atoms with Crippen molar-refractivity contribution in [2.75, 3.05) is 20.6 Å². The van der Waals surface area contributed by atoms with Crippen LogP contribution in [0.15, 0.2) is 24.3 Å². The third-order valence-electron chi connectivity index (χ3n) is 2.26. The van der Waals surface area contributed by atoms with Crippen molar-refractivity contribution in [2.24, 2.45) is 0 Å². The first-order chi connectivity index (χ1) is 7.67. The summed E-state index contributed by atoms with van der Waals surface area (Å²) in [6.45, 7) is 1.41. The third-order valence-corrected chi connectivity index (χ3v) is 2.26. The summed E-state index contributed by atoms with van der Waals surface area (Å²) in [6, 6.07) is 7.52. The molecule has 0 aromatic heterocycles. The average molecular weight is 216 g/mol. The summed E-state index contributed by atoms with van der Waals surface area (Å²) in [5, 5.41) is 2.59. The van der Waals surface area contributed by atoms with Crippen LogP contribution in [0.1, 0.15) is 15.9 Å². The van der Waals surface area contributed by atoms with Crippen molar-refractivity contribution in [3.63, 3.8) is 0 Å². The van der Waals surface area contributed by atoms with E-state index in [-0.39, 0.29) is 5.91 Å². The van der Waals surface area contributed by atoms with E-state index in [0.717, 1.165) is 12.1 Å². The van der Waals surface area contributed by atoms with E-state index in [4.69, 9.17) is 6.42 Å². The first kappa shape index (κ1) is 12.3. The topological polar surface area (TPSA) is 32.3 Å². The molecule has 1 amide bonds. The molecule has 0 aliphatic rings. The Labute approximate surface area is 96.5 Å². The summed E-state index contributed by atoms with van der Waals surface area (Å²) in [5.41, 5.74) is 1.82. The molecule has 1 aromatic carbocycles. The van der Waals surface area contributed by atoms with Gasteiger partial charge in [0.1, 0.15) is 0 Å². The van der Waals surface area contributed by atoms with Gasteiger partial charge in [0.2, 0.25) is 0 Å². The molecular weight excluding hydrogens is 200 g/mol. The molecule has 3 heteroatoms. The molecule has 0 aliphatic carbocycles. The number of hydrogen-bond acceptors (Lipinski definition) is 2. The van der Waals surface area contributed by atoms with E-state index in [0.29, 0.717) is 12.1 Å². The van der Waals surface area contributed by atoms with Gasteiger partial charge >= 0.3 is 0 Å². The Kier molecular flexibility index (Phi) is 4.56. The summed E-state index contributed by atoms with van der Waals surface area (Å²) in [4.78, 5) is 13.3. The maximum absolute atomic E-state index is 11.3. The van der Waals surface area contributed by atoms with Crippen LogP contribution >= 0.6 is 0 Å². The van der Waals surface area contributed by atoms with E-state index in [1.807, 2.05) is 36.2 Å². The van der Waals surface area contributed by atoms with Crippen LogP contribution in [-0.4, -0.2) is 31.4 Å². The van der Waals surface area contributed by atoms with Crippen LogP contribution in [0, 0.1) is 12.3 Å². The zero-order chi connectivity index (χ0) is 12.0. The number of carbonyl (C=O) groups is 1. The van der Waals surface area contributed by atoms with Crippen molar-refractivity contribution in [2.45, 2.75) is 6.54 Å². The van der Waals surface area contributed by atoms with Gasteiger partial charge in [-0.2, -0.15) is 0 Å². The smallest absolute Gasteiger partial charge is 0.251 e. The summed E-state index contributed by atoms with van der Waals surface area (Å²) < 4.78 is 0. The van der Waals surface area contributed by atoms with Crippen LogP contribution in [0.4, 0.5) is 0 Å². The number of nitrogens with one attached hydrogen (secondary N) is 1. The lowest BCUT2D eigenvalue weighted by molar-refractivity contribution is 0.0963. The summed E-state index contributed by atoms with van der Waals surface area (Å²) in [7, 11) is 3.59. The molecule has 1 rings (SSSR count). The van der Waals surface area contributed by atoms with Gasteiger partial charge in [0.15, 0.2) is 0 Å². The predicted octanol–water partition coefficient (Wildman–Crippen LogP) is 1.11. The predicted molar refractivity (Wildman–Crippen MR) is 65.0 cm³/mol. The molecule has 0 spiro atoms. The Morgan fingerprint density at radius 1 is 1.44 bits per heavy atom. The fourth-order valence-corrected chi connectivity index (χ4v) is 1.43. The number of hydrogen-bond donors (Lipinski definition) is 1. The highest BCUT2D eigenvalue weighted by Gasteiger charge is 2.03. The lowest BCUT2D eigenvalue weighted by Gasteiger charge is -2.13. The summed E-state index contributed by atoms with van der Waals surface area (Å²) in [6.07, 6.45) is 5.22.